The molecule has 5 fully saturated rings. The lowest BCUT2D eigenvalue weighted by atomic mass is 9.70. The molecule has 5 rings (SSSR count). The zero-order valence-corrected chi connectivity index (χ0v) is 24.8. The van der Waals surface area contributed by atoms with Crippen LogP contribution in [0.15, 0.2) is 0 Å². The summed E-state index contributed by atoms with van der Waals surface area (Å²) in [5, 5.41) is 13.0. The predicted octanol–water partition coefficient (Wildman–Crippen LogP) is 2.39. The third-order valence-corrected chi connectivity index (χ3v) is 11.7. The topological polar surface area (TPSA) is 94.7 Å². The van der Waals surface area contributed by atoms with Gasteiger partial charge >= 0.3 is 0 Å². The molecule has 0 radical (unpaired) electrons. The van der Waals surface area contributed by atoms with E-state index in [1.807, 2.05) is 4.90 Å². The fourth-order valence-electron chi connectivity index (χ4n) is 7.35. The molecule has 2 amide bonds. The van der Waals surface area contributed by atoms with Crippen LogP contribution >= 0.6 is 35.0 Å². The van der Waals surface area contributed by atoms with Crippen molar-refractivity contribution in [3.05, 3.63) is 0 Å². The van der Waals surface area contributed by atoms with E-state index in [-0.39, 0.29) is 70.3 Å². The predicted molar refractivity (Wildman–Crippen MR) is 149 cm³/mol. The van der Waals surface area contributed by atoms with Crippen LogP contribution in [-0.2, 0) is 14.3 Å². The van der Waals surface area contributed by atoms with Gasteiger partial charge in [-0.25, -0.2) is 8.78 Å². The first-order valence-electron chi connectivity index (χ1n) is 14.2. The van der Waals surface area contributed by atoms with Crippen LogP contribution in [0, 0.1) is 29.6 Å². The number of hydrogen-bond acceptors (Lipinski definition) is 7. The Bertz CT molecular complexity index is 883. The van der Waals surface area contributed by atoms with Crippen LogP contribution in [0.25, 0.3) is 0 Å². The number of amides is 2. The highest BCUT2D eigenvalue weighted by atomic mass is 35.5. The minimum Gasteiger partial charge on any atom is -0.380 e. The molecule has 39 heavy (non-hydrogen) atoms. The Hall–Kier alpha value is -0.430. The zero-order chi connectivity index (χ0) is 27.8. The molecule has 4 heterocycles. The van der Waals surface area contributed by atoms with Gasteiger partial charge in [-0.2, -0.15) is 0 Å². The Morgan fingerprint density at radius 2 is 1.87 bits per heavy atom. The molecule has 4 aliphatic heterocycles. The molecule has 1 saturated carbocycles. The number of likely N-dealkylation sites (tertiary alicyclic amines) is 1. The van der Waals surface area contributed by atoms with Gasteiger partial charge in [0.15, 0.2) is 0 Å². The molecule has 1 aliphatic carbocycles. The number of fused-ring (bicyclic) bond motifs is 1. The summed E-state index contributed by atoms with van der Waals surface area (Å²) in [6.07, 6.45) is 0.288. The number of methoxy groups -OCH3 is 1. The van der Waals surface area contributed by atoms with Crippen LogP contribution in [0.4, 0.5) is 8.78 Å². The highest BCUT2D eigenvalue weighted by molar-refractivity contribution is 8.00. The SMILES string of the molecule is COC1CNC(Cl)CC1C1CC(C)NCC1C(=O)NC1NC2CN(C(=O)C3CCC(C(F)F)C(Cl)C3)CC2S1. The second kappa shape index (κ2) is 12.8. The quantitative estimate of drug-likeness (QED) is 0.271. The van der Waals surface area contributed by atoms with Gasteiger partial charge in [0.05, 0.1) is 17.5 Å². The average molecular weight is 613 g/mol. The summed E-state index contributed by atoms with van der Waals surface area (Å²) in [6.45, 7) is 4.59. The number of alkyl halides is 4. The van der Waals surface area contributed by atoms with Crippen LogP contribution in [0.5, 0.6) is 0 Å². The van der Waals surface area contributed by atoms with Crippen LogP contribution in [-0.4, -0.2) is 96.2 Å². The Morgan fingerprint density at radius 1 is 1.08 bits per heavy atom. The molecule has 0 bridgehead atoms. The molecule has 4 N–H and O–H groups in total. The molecule has 8 nitrogen and oxygen atoms in total. The van der Waals surface area contributed by atoms with Gasteiger partial charge < -0.3 is 20.3 Å². The van der Waals surface area contributed by atoms with Gasteiger partial charge in [0.2, 0.25) is 18.2 Å². The Labute approximate surface area is 243 Å². The maximum Gasteiger partial charge on any atom is 0.242 e. The lowest BCUT2D eigenvalue weighted by molar-refractivity contribution is -0.136. The molecule has 5 aliphatic rings. The monoisotopic (exact) mass is 611 g/mol. The number of carbonyl (C=O) groups excluding carboxylic acids is 2. The Balaban J connectivity index is 1.14. The minimum absolute atomic E-state index is 0.0169. The normalized spacial score (nSPS) is 44.8. The van der Waals surface area contributed by atoms with Gasteiger partial charge in [-0.05, 0) is 50.9 Å². The van der Waals surface area contributed by atoms with E-state index in [0.29, 0.717) is 45.1 Å². The molecule has 12 atom stereocenters. The van der Waals surface area contributed by atoms with Gasteiger partial charge in [-0.15, -0.1) is 35.0 Å². The van der Waals surface area contributed by atoms with Crippen molar-refractivity contribution < 1.29 is 23.1 Å². The van der Waals surface area contributed by atoms with E-state index in [1.54, 1.807) is 18.9 Å². The summed E-state index contributed by atoms with van der Waals surface area (Å²) in [7, 11) is 1.72. The molecule has 12 unspecified atom stereocenters. The van der Waals surface area contributed by atoms with Gasteiger partial charge in [-0.1, -0.05) is 0 Å². The van der Waals surface area contributed by atoms with E-state index in [1.165, 1.54) is 0 Å². The Morgan fingerprint density at radius 3 is 2.56 bits per heavy atom. The van der Waals surface area contributed by atoms with E-state index in [0.717, 1.165) is 12.8 Å². The van der Waals surface area contributed by atoms with E-state index in [2.05, 4.69) is 28.2 Å². The second-order valence-electron chi connectivity index (χ2n) is 12.0. The van der Waals surface area contributed by atoms with Gasteiger partial charge in [0.1, 0.15) is 5.50 Å². The van der Waals surface area contributed by atoms with Crippen molar-refractivity contribution in [3.63, 3.8) is 0 Å². The molecular formula is C26H41Cl2F2N5O3S. The largest absolute Gasteiger partial charge is 0.380 e. The maximum atomic E-state index is 13.6. The fraction of sp³-hybridized carbons (Fsp3) is 0.923. The van der Waals surface area contributed by atoms with Crippen molar-refractivity contribution in [2.45, 2.75) is 85.3 Å². The molecule has 0 aromatic carbocycles. The van der Waals surface area contributed by atoms with Crippen molar-refractivity contribution >= 4 is 46.8 Å². The molecule has 0 aromatic heterocycles. The summed E-state index contributed by atoms with van der Waals surface area (Å²) in [5.41, 5.74) is -0.340. The smallest absolute Gasteiger partial charge is 0.242 e. The Kier molecular flexibility index (Phi) is 9.89. The van der Waals surface area contributed by atoms with E-state index in [4.69, 9.17) is 27.9 Å². The maximum absolute atomic E-state index is 13.6. The van der Waals surface area contributed by atoms with Gasteiger partial charge in [-0.3, -0.25) is 20.2 Å². The molecule has 4 saturated heterocycles. The number of nitrogens with one attached hydrogen (secondary N) is 4. The summed E-state index contributed by atoms with van der Waals surface area (Å²) in [5.74, 6) is -0.893. The molecule has 0 spiro atoms. The van der Waals surface area contributed by atoms with E-state index in [9.17, 15) is 18.4 Å². The number of rotatable bonds is 6. The molecule has 13 heteroatoms. The lowest BCUT2D eigenvalue weighted by Crippen LogP contribution is -2.57. The van der Waals surface area contributed by atoms with Crippen molar-refractivity contribution in [1.82, 2.24) is 26.2 Å². The van der Waals surface area contributed by atoms with E-state index < -0.39 is 17.7 Å². The minimum atomic E-state index is -2.44. The second-order valence-corrected chi connectivity index (χ2v) is 14.4. The van der Waals surface area contributed by atoms with Crippen LogP contribution in [0.1, 0.15) is 39.0 Å². The van der Waals surface area contributed by atoms with Gasteiger partial charge in [0, 0.05) is 67.8 Å². The summed E-state index contributed by atoms with van der Waals surface area (Å²) in [6, 6.07) is 0.398. The van der Waals surface area contributed by atoms with Crippen molar-refractivity contribution in [2.24, 2.45) is 29.6 Å². The third kappa shape index (κ3) is 6.65. The number of halogens is 4. The van der Waals surface area contributed by atoms with Gasteiger partial charge in [0.25, 0.3) is 0 Å². The fourth-order valence-corrected chi connectivity index (χ4v) is 9.50. The standard InChI is InChI=1S/C26H41Cl2F2N5O3S/c1-12-5-15(16-7-22(28)32-9-20(16)38-2)17(8-31-12)24(36)34-26-33-19-10-35(11-21(19)39-26)25(37)13-3-4-14(23(29)30)18(27)6-13/h12-23,26,31-33H,3-11H2,1-2H3,(H,34,36). The van der Waals surface area contributed by atoms with Crippen LogP contribution in [0.3, 0.4) is 0 Å². The lowest BCUT2D eigenvalue weighted by Gasteiger charge is -2.45. The summed E-state index contributed by atoms with van der Waals surface area (Å²) in [4.78, 5) is 28.6. The number of nitrogens with zero attached hydrogens (tertiary/aromatic N) is 1. The first kappa shape index (κ1) is 30.0. The molecule has 0 aromatic rings. The number of hydrogen-bond donors (Lipinski definition) is 4. The average Bonchev–Trinajstić information content (AvgIpc) is 3.46. The highest BCUT2D eigenvalue weighted by Gasteiger charge is 2.48. The zero-order valence-electron chi connectivity index (χ0n) is 22.5. The summed E-state index contributed by atoms with van der Waals surface area (Å²) < 4.78 is 32.1. The van der Waals surface area contributed by atoms with Crippen molar-refractivity contribution in [1.29, 1.82) is 0 Å². The van der Waals surface area contributed by atoms with Crippen molar-refractivity contribution in [2.75, 3.05) is 33.3 Å². The first-order chi connectivity index (χ1) is 18.6. The number of thioether (sulfide) groups is 1. The van der Waals surface area contributed by atoms with Crippen LogP contribution < -0.4 is 21.3 Å². The number of carbonyl (C=O) groups is 2. The number of ether oxygens (including phenoxy) is 1. The van der Waals surface area contributed by atoms with Crippen LogP contribution in [0.2, 0.25) is 0 Å². The first-order valence-corrected chi connectivity index (χ1v) is 16.0. The van der Waals surface area contributed by atoms with E-state index >= 15 is 0 Å². The molecular weight excluding hydrogens is 571 g/mol. The number of piperidine rings is 2. The molecule has 222 valence electrons. The third-order valence-electron chi connectivity index (χ3n) is 9.54. The highest BCUT2D eigenvalue weighted by Crippen LogP contribution is 2.40. The summed E-state index contributed by atoms with van der Waals surface area (Å²) >= 11 is 14.3. The van der Waals surface area contributed by atoms with Crippen molar-refractivity contribution in [3.8, 4) is 0 Å².